The smallest absolute Gasteiger partial charge is 0.321 e. The van der Waals surface area contributed by atoms with E-state index < -0.39 is 0 Å². The van der Waals surface area contributed by atoms with Crippen LogP contribution in [0.3, 0.4) is 0 Å². The van der Waals surface area contributed by atoms with E-state index in [1.54, 1.807) is 0 Å². The van der Waals surface area contributed by atoms with Crippen LogP contribution in [-0.2, 0) is 4.79 Å². The second-order valence-electron chi connectivity index (χ2n) is 6.50. The Morgan fingerprint density at radius 3 is 2.17 bits per heavy atom. The summed E-state index contributed by atoms with van der Waals surface area (Å²) in [7, 11) is 0. The van der Waals surface area contributed by atoms with Crippen molar-refractivity contribution in [3.8, 4) is 0 Å². The molecule has 0 saturated carbocycles. The van der Waals surface area contributed by atoms with Crippen LogP contribution < -0.4 is 5.32 Å². The number of urea groups is 1. The molecule has 3 amide bonds. The molecule has 130 valence electrons. The summed E-state index contributed by atoms with van der Waals surface area (Å²) >= 11 is 0. The number of hydrogen-bond acceptors (Lipinski definition) is 3. The van der Waals surface area contributed by atoms with Gasteiger partial charge in [0.1, 0.15) is 0 Å². The Kier molecular flexibility index (Phi) is 5.69. The quantitative estimate of drug-likeness (QED) is 0.920. The van der Waals surface area contributed by atoms with Crippen molar-refractivity contribution in [2.45, 2.75) is 19.3 Å². The van der Waals surface area contributed by atoms with Crippen LogP contribution in [0.4, 0.5) is 10.5 Å². The van der Waals surface area contributed by atoms with Crippen molar-refractivity contribution in [2.24, 2.45) is 0 Å². The molecule has 3 rings (SSSR count). The SMILES string of the molecule is O=C(CN1CCN(C(=O)Nc2ccccc2)CC1)N1CCCCC1. The molecule has 1 aromatic carbocycles. The molecule has 0 spiro atoms. The number of piperazine rings is 1. The van der Waals surface area contributed by atoms with Crippen LogP contribution in [0.1, 0.15) is 19.3 Å². The largest absolute Gasteiger partial charge is 0.342 e. The van der Waals surface area contributed by atoms with Gasteiger partial charge in [0.15, 0.2) is 0 Å². The van der Waals surface area contributed by atoms with Crippen molar-refractivity contribution >= 4 is 17.6 Å². The summed E-state index contributed by atoms with van der Waals surface area (Å²) in [4.78, 5) is 30.5. The van der Waals surface area contributed by atoms with Crippen molar-refractivity contribution in [1.82, 2.24) is 14.7 Å². The fourth-order valence-corrected chi connectivity index (χ4v) is 3.27. The highest BCUT2D eigenvalue weighted by molar-refractivity contribution is 5.89. The van der Waals surface area contributed by atoms with Crippen LogP contribution in [0.15, 0.2) is 30.3 Å². The van der Waals surface area contributed by atoms with Gasteiger partial charge in [-0.05, 0) is 31.4 Å². The van der Waals surface area contributed by atoms with Gasteiger partial charge in [-0.3, -0.25) is 9.69 Å². The highest BCUT2D eigenvalue weighted by Crippen LogP contribution is 2.11. The number of hydrogen-bond donors (Lipinski definition) is 1. The summed E-state index contributed by atoms with van der Waals surface area (Å²) in [6.45, 7) is 5.10. The molecule has 1 N–H and O–H groups in total. The molecule has 0 radical (unpaired) electrons. The summed E-state index contributed by atoms with van der Waals surface area (Å²) in [6.07, 6.45) is 3.48. The zero-order valence-corrected chi connectivity index (χ0v) is 14.1. The number of amides is 3. The number of benzene rings is 1. The Balaban J connectivity index is 1.42. The monoisotopic (exact) mass is 330 g/mol. The van der Waals surface area contributed by atoms with Gasteiger partial charge in [-0.1, -0.05) is 18.2 Å². The normalized spacial score (nSPS) is 19.2. The first kappa shape index (κ1) is 16.8. The van der Waals surface area contributed by atoms with Gasteiger partial charge in [0.25, 0.3) is 0 Å². The van der Waals surface area contributed by atoms with E-state index in [1.165, 1.54) is 6.42 Å². The number of piperidine rings is 1. The second kappa shape index (κ2) is 8.15. The first-order valence-electron chi connectivity index (χ1n) is 8.83. The highest BCUT2D eigenvalue weighted by Gasteiger charge is 2.24. The fraction of sp³-hybridized carbons (Fsp3) is 0.556. The number of anilines is 1. The van der Waals surface area contributed by atoms with E-state index in [0.29, 0.717) is 19.6 Å². The highest BCUT2D eigenvalue weighted by atomic mass is 16.2. The molecule has 2 fully saturated rings. The molecule has 2 heterocycles. The van der Waals surface area contributed by atoms with Crippen LogP contribution in [0.25, 0.3) is 0 Å². The Morgan fingerprint density at radius 1 is 0.833 bits per heavy atom. The van der Waals surface area contributed by atoms with E-state index in [4.69, 9.17) is 0 Å². The van der Waals surface area contributed by atoms with Crippen molar-refractivity contribution in [2.75, 3.05) is 51.1 Å². The van der Waals surface area contributed by atoms with Crippen LogP contribution in [-0.4, -0.2) is 72.5 Å². The Morgan fingerprint density at radius 2 is 1.50 bits per heavy atom. The van der Waals surface area contributed by atoms with Gasteiger partial charge in [0, 0.05) is 45.0 Å². The third kappa shape index (κ3) is 4.47. The Labute approximate surface area is 143 Å². The molecule has 2 aliphatic heterocycles. The van der Waals surface area contributed by atoms with E-state index in [9.17, 15) is 9.59 Å². The number of rotatable bonds is 3. The lowest BCUT2D eigenvalue weighted by Crippen LogP contribution is -2.52. The minimum atomic E-state index is -0.0665. The summed E-state index contributed by atoms with van der Waals surface area (Å²) < 4.78 is 0. The molecule has 2 saturated heterocycles. The molecular weight excluding hydrogens is 304 g/mol. The average Bonchev–Trinajstić information content (AvgIpc) is 2.64. The minimum Gasteiger partial charge on any atom is -0.342 e. The van der Waals surface area contributed by atoms with Gasteiger partial charge in [0.05, 0.1) is 6.54 Å². The van der Waals surface area contributed by atoms with E-state index in [-0.39, 0.29) is 11.9 Å². The minimum absolute atomic E-state index is 0.0665. The summed E-state index contributed by atoms with van der Waals surface area (Å²) in [6, 6.07) is 9.42. The van der Waals surface area contributed by atoms with Crippen LogP contribution >= 0.6 is 0 Å². The predicted molar refractivity (Wildman–Crippen MR) is 93.9 cm³/mol. The molecule has 6 nitrogen and oxygen atoms in total. The number of likely N-dealkylation sites (tertiary alicyclic amines) is 1. The van der Waals surface area contributed by atoms with Crippen LogP contribution in [0, 0.1) is 0 Å². The van der Waals surface area contributed by atoms with Gasteiger partial charge in [0.2, 0.25) is 5.91 Å². The van der Waals surface area contributed by atoms with Gasteiger partial charge in [-0.15, -0.1) is 0 Å². The summed E-state index contributed by atoms with van der Waals surface area (Å²) in [5.41, 5.74) is 0.810. The van der Waals surface area contributed by atoms with Gasteiger partial charge in [-0.25, -0.2) is 4.79 Å². The molecule has 2 aliphatic rings. The van der Waals surface area contributed by atoms with Crippen molar-refractivity contribution in [3.05, 3.63) is 30.3 Å². The topological polar surface area (TPSA) is 55.9 Å². The first-order chi connectivity index (χ1) is 11.7. The lowest BCUT2D eigenvalue weighted by molar-refractivity contribution is -0.133. The number of nitrogens with one attached hydrogen (secondary N) is 1. The standard InChI is InChI=1S/C18H26N4O2/c23-17(21-9-5-2-6-10-21)15-20-11-13-22(14-12-20)18(24)19-16-7-3-1-4-8-16/h1,3-4,7-8H,2,5-6,9-15H2,(H,19,24). The maximum atomic E-state index is 12.3. The third-order valence-electron chi connectivity index (χ3n) is 4.75. The van der Waals surface area contributed by atoms with E-state index >= 15 is 0 Å². The van der Waals surface area contributed by atoms with Gasteiger partial charge in [-0.2, -0.15) is 0 Å². The maximum absolute atomic E-state index is 12.3. The van der Waals surface area contributed by atoms with Crippen LogP contribution in [0.5, 0.6) is 0 Å². The molecule has 0 aromatic heterocycles. The third-order valence-corrected chi connectivity index (χ3v) is 4.75. The lowest BCUT2D eigenvalue weighted by Gasteiger charge is -2.36. The Hall–Kier alpha value is -2.08. The van der Waals surface area contributed by atoms with E-state index in [1.807, 2.05) is 40.1 Å². The summed E-state index contributed by atoms with van der Waals surface area (Å²) in [5, 5.41) is 2.91. The van der Waals surface area contributed by atoms with Crippen LogP contribution in [0.2, 0.25) is 0 Å². The fourth-order valence-electron chi connectivity index (χ4n) is 3.27. The average molecular weight is 330 g/mol. The summed E-state index contributed by atoms with van der Waals surface area (Å²) in [5.74, 6) is 0.233. The Bertz CT molecular complexity index is 549. The van der Waals surface area contributed by atoms with E-state index in [2.05, 4.69) is 10.2 Å². The predicted octanol–water partition coefficient (Wildman–Crippen LogP) is 1.85. The number of carbonyl (C=O) groups is 2. The molecule has 0 atom stereocenters. The van der Waals surface area contributed by atoms with Gasteiger partial charge < -0.3 is 15.1 Å². The molecule has 6 heteroatoms. The number of nitrogens with zero attached hydrogens (tertiary/aromatic N) is 3. The van der Waals surface area contributed by atoms with E-state index in [0.717, 1.165) is 44.7 Å². The van der Waals surface area contributed by atoms with Crippen molar-refractivity contribution in [3.63, 3.8) is 0 Å². The second-order valence-corrected chi connectivity index (χ2v) is 6.50. The lowest BCUT2D eigenvalue weighted by atomic mass is 10.1. The molecule has 0 aliphatic carbocycles. The molecule has 0 unspecified atom stereocenters. The number of carbonyl (C=O) groups excluding carboxylic acids is 2. The van der Waals surface area contributed by atoms with Gasteiger partial charge >= 0.3 is 6.03 Å². The molecule has 0 bridgehead atoms. The number of para-hydroxylation sites is 1. The van der Waals surface area contributed by atoms with Crippen molar-refractivity contribution in [1.29, 1.82) is 0 Å². The molecule has 1 aromatic rings. The van der Waals surface area contributed by atoms with Crippen molar-refractivity contribution < 1.29 is 9.59 Å². The molecule has 24 heavy (non-hydrogen) atoms. The molecular formula is C18H26N4O2. The zero-order chi connectivity index (χ0) is 16.8. The maximum Gasteiger partial charge on any atom is 0.321 e. The first-order valence-corrected chi connectivity index (χ1v) is 8.83. The zero-order valence-electron chi connectivity index (χ0n) is 14.1.